The Morgan fingerprint density at radius 1 is 1.20 bits per heavy atom. The lowest BCUT2D eigenvalue weighted by Gasteiger charge is -2.23. The SMILES string of the molecule is C=C(O)C(C)N(C)C(=O)OCc1ccc(N/C(=C/CC)Cc2ccc(F)cc2)cc1. The number of ether oxygens (including phenoxy) is 1. The molecule has 2 N–H and O–H groups in total. The third kappa shape index (κ3) is 6.95. The van der Waals surface area contributed by atoms with Gasteiger partial charge in [-0.05, 0) is 48.7 Å². The molecule has 0 heterocycles. The first-order valence-corrected chi connectivity index (χ1v) is 9.87. The van der Waals surface area contributed by atoms with Crippen LogP contribution < -0.4 is 5.32 Å². The van der Waals surface area contributed by atoms with Crippen molar-refractivity contribution in [3.8, 4) is 0 Å². The van der Waals surface area contributed by atoms with Crippen molar-refractivity contribution in [3.05, 3.63) is 89.6 Å². The fourth-order valence-electron chi connectivity index (χ4n) is 2.73. The molecule has 0 aliphatic rings. The van der Waals surface area contributed by atoms with Crippen LogP contribution >= 0.6 is 0 Å². The van der Waals surface area contributed by atoms with Crippen LogP contribution in [0.15, 0.2) is 72.6 Å². The van der Waals surface area contributed by atoms with E-state index in [0.29, 0.717) is 6.42 Å². The normalized spacial score (nSPS) is 12.2. The number of amides is 1. The molecular formula is C24H29FN2O3. The summed E-state index contributed by atoms with van der Waals surface area (Å²) < 4.78 is 18.4. The summed E-state index contributed by atoms with van der Waals surface area (Å²) in [5.41, 5.74) is 3.81. The van der Waals surface area contributed by atoms with E-state index in [1.165, 1.54) is 17.0 Å². The molecule has 0 radical (unpaired) electrons. The molecule has 0 saturated carbocycles. The molecule has 0 spiro atoms. The van der Waals surface area contributed by atoms with Crippen LogP contribution in [0.25, 0.3) is 0 Å². The predicted molar refractivity (Wildman–Crippen MR) is 118 cm³/mol. The summed E-state index contributed by atoms with van der Waals surface area (Å²) in [7, 11) is 1.55. The number of halogens is 1. The van der Waals surface area contributed by atoms with Crippen molar-refractivity contribution in [1.29, 1.82) is 0 Å². The van der Waals surface area contributed by atoms with Gasteiger partial charge in [-0.25, -0.2) is 9.18 Å². The summed E-state index contributed by atoms with van der Waals surface area (Å²) in [5.74, 6) is -0.340. The van der Waals surface area contributed by atoms with E-state index in [1.807, 2.05) is 24.3 Å². The number of hydrogen-bond acceptors (Lipinski definition) is 4. The van der Waals surface area contributed by atoms with Crippen molar-refractivity contribution in [3.63, 3.8) is 0 Å². The van der Waals surface area contributed by atoms with E-state index in [4.69, 9.17) is 4.74 Å². The van der Waals surface area contributed by atoms with Crippen LogP contribution in [-0.2, 0) is 17.8 Å². The zero-order valence-electron chi connectivity index (χ0n) is 17.7. The van der Waals surface area contributed by atoms with Crippen LogP contribution in [0.1, 0.15) is 31.4 Å². The number of carbonyl (C=O) groups is 1. The number of nitrogens with one attached hydrogen (secondary N) is 1. The molecule has 0 saturated heterocycles. The number of nitrogens with zero attached hydrogens (tertiary/aromatic N) is 1. The fraction of sp³-hybridized carbons (Fsp3) is 0.292. The van der Waals surface area contributed by atoms with Crippen molar-refractivity contribution in [1.82, 2.24) is 4.90 Å². The van der Waals surface area contributed by atoms with Gasteiger partial charge >= 0.3 is 6.09 Å². The quantitative estimate of drug-likeness (QED) is 0.511. The Hall–Kier alpha value is -3.28. The third-order valence-corrected chi connectivity index (χ3v) is 4.73. The van der Waals surface area contributed by atoms with Gasteiger partial charge in [-0.1, -0.05) is 43.8 Å². The molecule has 30 heavy (non-hydrogen) atoms. The largest absolute Gasteiger partial charge is 0.511 e. The zero-order valence-corrected chi connectivity index (χ0v) is 17.7. The van der Waals surface area contributed by atoms with E-state index in [0.717, 1.165) is 28.9 Å². The lowest BCUT2D eigenvalue weighted by molar-refractivity contribution is 0.0918. The number of aliphatic hydroxyl groups excluding tert-OH is 1. The number of allylic oxidation sites excluding steroid dienone is 2. The Bertz CT molecular complexity index is 876. The maximum Gasteiger partial charge on any atom is 0.410 e. The van der Waals surface area contributed by atoms with Crippen molar-refractivity contribution in [2.24, 2.45) is 0 Å². The maximum atomic E-state index is 13.1. The average Bonchev–Trinajstić information content (AvgIpc) is 2.73. The Labute approximate surface area is 177 Å². The number of aliphatic hydroxyl groups is 1. The molecule has 5 nitrogen and oxygen atoms in total. The average molecular weight is 413 g/mol. The Morgan fingerprint density at radius 3 is 2.37 bits per heavy atom. The molecular weight excluding hydrogens is 383 g/mol. The van der Waals surface area contributed by atoms with Gasteiger partial charge in [0, 0.05) is 24.9 Å². The van der Waals surface area contributed by atoms with Crippen molar-refractivity contribution < 1.29 is 19.0 Å². The van der Waals surface area contributed by atoms with E-state index in [1.54, 1.807) is 26.1 Å². The lowest BCUT2D eigenvalue weighted by Crippen LogP contribution is -2.36. The van der Waals surface area contributed by atoms with Crippen molar-refractivity contribution in [2.75, 3.05) is 12.4 Å². The number of anilines is 1. The van der Waals surface area contributed by atoms with Gasteiger partial charge in [0.2, 0.25) is 0 Å². The lowest BCUT2D eigenvalue weighted by atomic mass is 10.1. The van der Waals surface area contributed by atoms with E-state index < -0.39 is 12.1 Å². The van der Waals surface area contributed by atoms with E-state index in [-0.39, 0.29) is 18.2 Å². The molecule has 2 aromatic rings. The molecule has 1 amide bonds. The molecule has 0 aromatic heterocycles. The van der Waals surface area contributed by atoms with Gasteiger partial charge in [-0.2, -0.15) is 0 Å². The standard InChI is InChI=1S/C24H29FN2O3/c1-5-6-23(15-19-7-11-21(25)12-8-19)26-22-13-9-20(10-14-22)16-30-24(29)27(4)17(2)18(3)28/h6-14,17,26,28H,3,5,15-16H2,1-2,4H3/b23-6+. The predicted octanol–water partition coefficient (Wildman–Crippen LogP) is 5.80. The molecule has 0 bridgehead atoms. The number of benzene rings is 2. The summed E-state index contributed by atoms with van der Waals surface area (Å²) in [6.07, 6.45) is 3.12. The maximum absolute atomic E-state index is 13.1. The highest BCUT2D eigenvalue weighted by atomic mass is 19.1. The monoisotopic (exact) mass is 412 g/mol. The van der Waals surface area contributed by atoms with Gasteiger partial charge in [0.15, 0.2) is 0 Å². The molecule has 160 valence electrons. The zero-order chi connectivity index (χ0) is 22.1. The first-order valence-electron chi connectivity index (χ1n) is 9.87. The number of carbonyl (C=O) groups excluding carboxylic acids is 1. The topological polar surface area (TPSA) is 61.8 Å². The molecule has 0 fully saturated rings. The highest BCUT2D eigenvalue weighted by Crippen LogP contribution is 2.17. The summed E-state index contributed by atoms with van der Waals surface area (Å²) >= 11 is 0. The molecule has 0 aliphatic heterocycles. The van der Waals surface area contributed by atoms with Gasteiger partial charge in [0.1, 0.15) is 18.2 Å². The van der Waals surface area contributed by atoms with Gasteiger partial charge < -0.3 is 20.1 Å². The molecule has 2 aromatic carbocycles. The number of rotatable bonds is 9. The van der Waals surface area contributed by atoms with Crippen LogP contribution in [0, 0.1) is 5.82 Å². The Balaban J connectivity index is 1.93. The van der Waals surface area contributed by atoms with Crippen LogP contribution in [-0.4, -0.2) is 29.2 Å². The van der Waals surface area contributed by atoms with Crippen molar-refractivity contribution >= 4 is 11.8 Å². The van der Waals surface area contributed by atoms with Crippen LogP contribution in [0.4, 0.5) is 14.9 Å². The van der Waals surface area contributed by atoms with Gasteiger partial charge in [-0.15, -0.1) is 0 Å². The van der Waals surface area contributed by atoms with E-state index >= 15 is 0 Å². The summed E-state index contributed by atoms with van der Waals surface area (Å²) in [6, 6.07) is 13.6. The minimum absolute atomic E-state index is 0.0959. The molecule has 1 unspecified atom stereocenters. The first-order chi connectivity index (χ1) is 14.3. The Morgan fingerprint density at radius 2 is 1.80 bits per heavy atom. The van der Waals surface area contributed by atoms with E-state index in [2.05, 4.69) is 24.9 Å². The minimum Gasteiger partial charge on any atom is -0.511 e. The number of hydrogen-bond donors (Lipinski definition) is 2. The molecule has 1 atom stereocenters. The highest BCUT2D eigenvalue weighted by Gasteiger charge is 2.19. The fourth-order valence-corrected chi connectivity index (χ4v) is 2.73. The first kappa shape index (κ1) is 23.0. The van der Waals surface area contributed by atoms with Crippen LogP contribution in [0.5, 0.6) is 0 Å². The van der Waals surface area contributed by atoms with Crippen LogP contribution in [0.2, 0.25) is 0 Å². The smallest absolute Gasteiger partial charge is 0.410 e. The summed E-state index contributed by atoms with van der Waals surface area (Å²) in [4.78, 5) is 13.3. The molecule has 0 aliphatic carbocycles. The van der Waals surface area contributed by atoms with Gasteiger partial charge in [0.05, 0.1) is 6.04 Å². The minimum atomic E-state index is -0.535. The third-order valence-electron chi connectivity index (χ3n) is 4.73. The van der Waals surface area contributed by atoms with E-state index in [9.17, 15) is 14.3 Å². The van der Waals surface area contributed by atoms with Gasteiger partial charge in [-0.3, -0.25) is 0 Å². The second-order valence-corrected chi connectivity index (χ2v) is 7.10. The highest BCUT2D eigenvalue weighted by molar-refractivity contribution is 5.68. The summed E-state index contributed by atoms with van der Waals surface area (Å²) in [5, 5.41) is 12.8. The second-order valence-electron chi connectivity index (χ2n) is 7.10. The van der Waals surface area contributed by atoms with Crippen LogP contribution in [0.3, 0.4) is 0 Å². The van der Waals surface area contributed by atoms with Crippen molar-refractivity contribution in [2.45, 2.75) is 39.3 Å². The Kier molecular flexibility index (Phi) is 8.47. The molecule has 6 heteroatoms. The summed E-state index contributed by atoms with van der Waals surface area (Å²) in [6.45, 7) is 7.28. The molecule has 2 rings (SSSR count). The second kappa shape index (κ2) is 11.0. The number of likely N-dealkylation sites (N-methyl/N-ethyl adjacent to an activating group) is 1. The van der Waals surface area contributed by atoms with Gasteiger partial charge in [0.25, 0.3) is 0 Å².